The molecular weight excluding hydrogens is 512 g/mol. The maximum atomic E-state index is 14.4. The molecule has 0 aromatic heterocycles. The Morgan fingerprint density at radius 3 is 2.73 bits per heavy atom. The van der Waals surface area contributed by atoms with Gasteiger partial charge in [0.25, 0.3) is 5.91 Å². The van der Waals surface area contributed by atoms with Crippen molar-refractivity contribution in [3.8, 4) is 0 Å². The number of benzene rings is 1. The second kappa shape index (κ2) is 12.0. The monoisotopic (exact) mass is 546 g/mol. The van der Waals surface area contributed by atoms with Crippen LogP contribution in [0.2, 0.25) is 5.02 Å². The van der Waals surface area contributed by atoms with Crippen molar-refractivity contribution in [3.63, 3.8) is 0 Å². The Morgan fingerprint density at radius 2 is 2.03 bits per heavy atom. The van der Waals surface area contributed by atoms with Gasteiger partial charge in [0.2, 0.25) is 5.91 Å². The fourth-order valence-corrected chi connectivity index (χ4v) is 8.54. The van der Waals surface area contributed by atoms with Gasteiger partial charge in [0.1, 0.15) is 6.04 Å². The fraction of sp³-hybridized carbons (Fsp3) is 0.536. The number of likely N-dealkylation sites (tertiary alicyclic amines) is 1. The Morgan fingerprint density at radius 1 is 1.24 bits per heavy atom. The quantitative estimate of drug-likeness (QED) is 0.226. The molecule has 0 radical (unpaired) electrons. The first-order valence-electron chi connectivity index (χ1n) is 12.9. The zero-order chi connectivity index (χ0) is 26.6. The standard InChI is InChI=1S/C28H35ClN2O5S/c1-3-5-18-36-27(35)22-21-13-14-28(37-21)23(22)25(33)31(16-9-6-10-17-32)24(28)26(34)30(15-4-2)20-12-8-7-11-19(20)29/h3-4,7-8,11-12,21-24,32H,1-2,5-6,9-10,13-18H2/t21-,22+,23-,24?,28?/m0/s1. The van der Waals surface area contributed by atoms with Gasteiger partial charge in [0.15, 0.2) is 0 Å². The molecule has 0 aliphatic carbocycles. The third-order valence-electron chi connectivity index (χ3n) is 7.65. The predicted octanol–water partition coefficient (Wildman–Crippen LogP) is 4.23. The molecular formula is C28H35ClN2O5S. The number of aliphatic hydroxyl groups is 1. The van der Waals surface area contributed by atoms with E-state index in [1.54, 1.807) is 51.9 Å². The number of unbranched alkanes of at least 4 members (excludes halogenated alkanes) is 2. The van der Waals surface area contributed by atoms with Gasteiger partial charge >= 0.3 is 5.97 Å². The van der Waals surface area contributed by atoms with E-state index in [0.29, 0.717) is 42.9 Å². The summed E-state index contributed by atoms with van der Waals surface area (Å²) in [6, 6.07) is 6.43. The third kappa shape index (κ3) is 5.08. The first-order chi connectivity index (χ1) is 17.9. The zero-order valence-corrected chi connectivity index (χ0v) is 22.6. The Labute approximate surface area is 227 Å². The van der Waals surface area contributed by atoms with Crippen LogP contribution in [-0.4, -0.2) is 70.1 Å². The lowest BCUT2D eigenvalue weighted by molar-refractivity contribution is -0.154. The Balaban J connectivity index is 1.70. The molecule has 2 bridgehead atoms. The summed E-state index contributed by atoms with van der Waals surface area (Å²) >= 11 is 8.11. The number of carbonyl (C=O) groups is 3. The van der Waals surface area contributed by atoms with E-state index in [2.05, 4.69) is 13.2 Å². The predicted molar refractivity (Wildman–Crippen MR) is 147 cm³/mol. The van der Waals surface area contributed by atoms with Crippen LogP contribution in [0.3, 0.4) is 0 Å². The van der Waals surface area contributed by atoms with Crippen molar-refractivity contribution in [1.82, 2.24) is 4.90 Å². The summed E-state index contributed by atoms with van der Waals surface area (Å²) in [6.07, 6.45) is 7.36. The molecule has 2 amide bonds. The van der Waals surface area contributed by atoms with Crippen LogP contribution >= 0.6 is 23.4 Å². The molecule has 1 aromatic rings. The number of fused-ring (bicyclic) bond motifs is 1. The molecule has 5 atom stereocenters. The van der Waals surface area contributed by atoms with E-state index in [0.717, 1.165) is 12.8 Å². The van der Waals surface area contributed by atoms with Crippen LogP contribution in [0.15, 0.2) is 49.6 Å². The first kappa shape index (κ1) is 27.7. The smallest absolute Gasteiger partial charge is 0.310 e. The molecule has 4 rings (SSSR count). The van der Waals surface area contributed by atoms with Crippen molar-refractivity contribution < 1.29 is 24.2 Å². The number of rotatable bonds is 13. The van der Waals surface area contributed by atoms with Gasteiger partial charge in [-0.15, -0.1) is 24.9 Å². The third-order valence-corrected chi connectivity index (χ3v) is 9.92. The number of aliphatic hydroxyl groups excluding tert-OH is 1. The molecule has 9 heteroatoms. The minimum Gasteiger partial charge on any atom is -0.465 e. The van der Waals surface area contributed by atoms with Gasteiger partial charge < -0.3 is 19.6 Å². The van der Waals surface area contributed by atoms with Crippen molar-refractivity contribution in [3.05, 3.63) is 54.6 Å². The van der Waals surface area contributed by atoms with Crippen LogP contribution in [0, 0.1) is 11.8 Å². The zero-order valence-electron chi connectivity index (χ0n) is 21.0. The average Bonchev–Trinajstić information content (AvgIpc) is 3.53. The number of carbonyl (C=O) groups excluding carboxylic acids is 3. The maximum absolute atomic E-state index is 14.4. The lowest BCUT2D eigenvalue weighted by Crippen LogP contribution is -2.55. The fourth-order valence-electron chi connectivity index (χ4n) is 6.10. The summed E-state index contributed by atoms with van der Waals surface area (Å²) in [5.41, 5.74) is 0.569. The van der Waals surface area contributed by atoms with Crippen LogP contribution in [0.5, 0.6) is 0 Å². The van der Waals surface area contributed by atoms with Crippen molar-refractivity contribution in [2.45, 2.75) is 54.6 Å². The summed E-state index contributed by atoms with van der Waals surface area (Å²) in [5, 5.41) is 9.60. The molecule has 2 unspecified atom stereocenters. The number of nitrogens with zero attached hydrogens (tertiary/aromatic N) is 2. The van der Waals surface area contributed by atoms with Crippen LogP contribution < -0.4 is 4.90 Å². The number of amides is 2. The molecule has 37 heavy (non-hydrogen) atoms. The molecule has 0 saturated carbocycles. The Kier molecular flexibility index (Phi) is 9.03. The average molecular weight is 547 g/mol. The highest BCUT2D eigenvalue weighted by molar-refractivity contribution is 8.02. The second-order valence-electron chi connectivity index (χ2n) is 9.81. The summed E-state index contributed by atoms with van der Waals surface area (Å²) < 4.78 is 4.84. The molecule has 3 saturated heterocycles. The highest BCUT2D eigenvalue weighted by Gasteiger charge is 2.74. The lowest BCUT2D eigenvalue weighted by Gasteiger charge is -2.37. The molecule has 3 aliphatic heterocycles. The molecule has 3 fully saturated rings. The minimum absolute atomic E-state index is 0.0508. The Hall–Kier alpha value is -2.29. The van der Waals surface area contributed by atoms with E-state index in [1.165, 1.54) is 0 Å². The molecule has 7 nitrogen and oxygen atoms in total. The van der Waals surface area contributed by atoms with E-state index in [-0.39, 0.29) is 42.8 Å². The topological polar surface area (TPSA) is 87.2 Å². The molecule has 1 aromatic carbocycles. The minimum atomic E-state index is -0.726. The van der Waals surface area contributed by atoms with E-state index < -0.39 is 22.6 Å². The van der Waals surface area contributed by atoms with E-state index >= 15 is 0 Å². The van der Waals surface area contributed by atoms with Gasteiger partial charge in [0, 0.05) is 24.9 Å². The molecule has 3 heterocycles. The second-order valence-corrected chi connectivity index (χ2v) is 11.8. The van der Waals surface area contributed by atoms with E-state index in [1.807, 2.05) is 6.07 Å². The number of para-hydroxylation sites is 1. The molecule has 1 N–H and O–H groups in total. The van der Waals surface area contributed by atoms with E-state index in [9.17, 15) is 19.5 Å². The lowest BCUT2D eigenvalue weighted by atomic mass is 9.71. The van der Waals surface area contributed by atoms with Gasteiger partial charge in [-0.05, 0) is 50.7 Å². The summed E-state index contributed by atoms with van der Waals surface area (Å²) in [4.78, 5) is 44.9. The number of hydrogen-bond acceptors (Lipinski definition) is 6. The highest BCUT2D eigenvalue weighted by atomic mass is 35.5. The molecule has 3 aliphatic rings. The number of halogens is 1. The van der Waals surface area contributed by atoms with Gasteiger partial charge in [0.05, 0.1) is 33.9 Å². The van der Waals surface area contributed by atoms with Crippen LogP contribution in [0.1, 0.15) is 38.5 Å². The number of ether oxygens (including phenoxy) is 1. The highest BCUT2D eigenvalue weighted by Crippen LogP contribution is 2.66. The van der Waals surface area contributed by atoms with Crippen LogP contribution in [0.25, 0.3) is 0 Å². The van der Waals surface area contributed by atoms with Gasteiger partial charge in [-0.2, -0.15) is 0 Å². The van der Waals surface area contributed by atoms with Crippen LogP contribution in [-0.2, 0) is 19.1 Å². The normalized spacial score (nSPS) is 27.7. The number of thioether (sulfide) groups is 1. The van der Waals surface area contributed by atoms with Gasteiger partial charge in [-0.1, -0.05) is 35.9 Å². The summed E-state index contributed by atoms with van der Waals surface area (Å²) in [7, 11) is 0. The van der Waals surface area contributed by atoms with E-state index in [4.69, 9.17) is 16.3 Å². The van der Waals surface area contributed by atoms with Gasteiger partial charge in [-0.3, -0.25) is 14.4 Å². The summed E-state index contributed by atoms with van der Waals surface area (Å²) in [6.45, 7) is 8.46. The van der Waals surface area contributed by atoms with Crippen LogP contribution in [0.4, 0.5) is 5.69 Å². The first-order valence-corrected chi connectivity index (χ1v) is 14.2. The van der Waals surface area contributed by atoms with Crippen molar-refractivity contribution in [2.24, 2.45) is 11.8 Å². The molecule has 200 valence electrons. The number of esters is 1. The van der Waals surface area contributed by atoms with Gasteiger partial charge in [-0.25, -0.2) is 0 Å². The van der Waals surface area contributed by atoms with Crippen molar-refractivity contribution >= 4 is 46.8 Å². The van der Waals surface area contributed by atoms with Crippen molar-refractivity contribution in [1.29, 1.82) is 0 Å². The maximum Gasteiger partial charge on any atom is 0.310 e. The molecule has 1 spiro atoms. The largest absolute Gasteiger partial charge is 0.465 e. The summed E-state index contributed by atoms with van der Waals surface area (Å²) in [5.74, 6) is -1.89. The Bertz CT molecular complexity index is 1050. The SMILES string of the molecule is C=CCCOC(=O)[C@@H]1[C@@H]2CCC3(S2)C(C(=O)N(CC=C)c2ccccc2Cl)N(CCCCCO)C(=O)[C@H]13. The number of anilines is 1. The van der Waals surface area contributed by atoms with Crippen molar-refractivity contribution in [2.75, 3.05) is 31.2 Å². The number of hydrogen-bond donors (Lipinski definition) is 1.